The zero-order valence-corrected chi connectivity index (χ0v) is 6.53. The zero-order valence-electron chi connectivity index (χ0n) is 6.53. The van der Waals surface area contributed by atoms with Gasteiger partial charge in [-0.15, -0.1) is 0 Å². The molecule has 0 aromatic carbocycles. The van der Waals surface area contributed by atoms with Crippen LogP contribution in [0.2, 0.25) is 0 Å². The topological polar surface area (TPSA) is 12.9 Å². The predicted molar refractivity (Wildman–Crippen MR) is 45.0 cm³/mol. The number of pyridine rings is 1. The quantitative estimate of drug-likeness (QED) is 0.638. The molecule has 0 N–H and O–H groups in total. The third kappa shape index (κ3) is 2.04. The molecule has 1 fully saturated rings. The maximum Gasteiger partial charge on any atom is 0.0270 e. The molecule has 0 aliphatic heterocycles. The van der Waals surface area contributed by atoms with Crippen LogP contribution in [0.25, 0.3) is 0 Å². The van der Waals surface area contributed by atoms with E-state index in [1.165, 1.54) is 24.8 Å². The van der Waals surface area contributed by atoms with E-state index in [0.29, 0.717) is 0 Å². The monoisotopic (exact) mass is 146 g/mol. The van der Waals surface area contributed by atoms with Gasteiger partial charge in [-0.2, -0.15) is 0 Å². The molecule has 0 spiro atoms. The summed E-state index contributed by atoms with van der Waals surface area (Å²) in [5.74, 6) is 0.989. The van der Waals surface area contributed by atoms with Gasteiger partial charge in [0.15, 0.2) is 0 Å². The number of aromatic nitrogens is 1. The van der Waals surface area contributed by atoms with Crippen molar-refractivity contribution < 1.29 is 0 Å². The lowest BCUT2D eigenvalue weighted by molar-refractivity contribution is 0.825. The summed E-state index contributed by atoms with van der Waals surface area (Å²) in [5, 5.41) is 0. The summed E-state index contributed by atoms with van der Waals surface area (Å²) in [6, 6.07) is 4.12. The summed E-state index contributed by atoms with van der Waals surface area (Å²) in [4.78, 5) is 3.97. The molecule has 1 radical (unpaired) electrons. The van der Waals surface area contributed by atoms with Crippen molar-refractivity contribution in [3.63, 3.8) is 0 Å². The molecule has 0 unspecified atom stereocenters. The molecule has 1 aromatic heterocycles. The molecule has 0 saturated heterocycles. The fourth-order valence-corrected chi connectivity index (χ4v) is 1.16. The van der Waals surface area contributed by atoms with Crippen molar-refractivity contribution in [2.24, 2.45) is 5.92 Å². The Labute approximate surface area is 67.5 Å². The van der Waals surface area contributed by atoms with Crippen molar-refractivity contribution >= 4 is 0 Å². The summed E-state index contributed by atoms with van der Waals surface area (Å²) >= 11 is 0. The minimum absolute atomic E-state index is 0.989. The van der Waals surface area contributed by atoms with Gasteiger partial charge in [0.25, 0.3) is 0 Å². The Morgan fingerprint density at radius 3 is 2.73 bits per heavy atom. The van der Waals surface area contributed by atoms with E-state index in [0.717, 1.165) is 5.92 Å². The van der Waals surface area contributed by atoms with Gasteiger partial charge in [0.05, 0.1) is 0 Å². The lowest BCUT2D eigenvalue weighted by atomic mass is 10.1. The first kappa shape index (κ1) is 6.84. The highest BCUT2D eigenvalue weighted by Crippen LogP contribution is 2.33. The van der Waals surface area contributed by atoms with Crippen molar-refractivity contribution in [3.05, 3.63) is 36.5 Å². The van der Waals surface area contributed by atoms with Gasteiger partial charge in [-0.25, -0.2) is 0 Å². The molecular weight excluding hydrogens is 134 g/mol. The lowest BCUT2D eigenvalue weighted by Crippen LogP contribution is -1.83. The van der Waals surface area contributed by atoms with Crippen LogP contribution in [0.4, 0.5) is 0 Å². The SMILES string of the molecule is [CH](CC1CC1)c1ccncc1. The zero-order chi connectivity index (χ0) is 7.52. The van der Waals surface area contributed by atoms with Crippen molar-refractivity contribution in [2.45, 2.75) is 19.3 Å². The first-order valence-electron chi connectivity index (χ1n) is 4.18. The Kier molecular flexibility index (Phi) is 1.89. The van der Waals surface area contributed by atoms with Crippen molar-refractivity contribution in [2.75, 3.05) is 0 Å². The first-order chi connectivity index (χ1) is 5.45. The van der Waals surface area contributed by atoms with Crippen LogP contribution < -0.4 is 0 Å². The van der Waals surface area contributed by atoms with Gasteiger partial charge in [-0.05, 0) is 36.5 Å². The predicted octanol–water partition coefficient (Wildman–Crippen LogP) is 2.43. The minimum atomic E-state index is 0.989. The van der Waals surface area contributed by atoms with Gasteiger partial charge in [-0.1, -0.05) is 12.8 Å². The number of hydrogen-bond donors (Lipinski definition) is 0. The number of nitrogens with zero attached hydrogens (tertiary/aromatic N) is 1. The number of hydrogen-bond acceptors (Lipinski definition) is 1. The van der Waals surface area contributed by atoms with Crippen LogP contribution in [0, 0.1) is 12.3 Å². The Bertz CT molecular complexity index is 214. The Hall–Kier alpha value is -0.850. The third-order valence-electron chi connectivity index (χ3n) is 2.09. The molecule has 1 heterocycles. The molecule has 1 saturated carbocycles. The van der Waals surface area contributed by atoms with Crippen LogP contribution in [0.15, 0.2) is 24.5 Å². The lowest BCUT2D eigenvalue weighted by Gasteiger charge is -1.96. The smallest absolute Gasteiger partial charge is 0.0270 e. The van der Waals surface area contributed by atoms with E-state index in [1.807, 2.05) is 12.4 Å². The summed E-state index contributed by atoms with van der Waals surface area (Å²) in [6.45, 7) is 0. The molecule has 0 atom stereocenters. The summed E-state index contributed by atoms with van der Waals surface area (Å²) in [5.41, 5.74) is 1.31. The maximum absolute atomic E-state index is 3.97. The van der Waals surface area contributed by atoms with Crippen LogP contribution in [-0.4, -0.2) is 4.98 Å². The maximum atomic E-state index is 3.97. The highest BCUT2D eigenvalue weighted by Gasteiger charge is 2.20. The minimum Gasteiger partial charge on any atom is -0.265 e. The van der Waals surface area contributed by atoms with Crippen LogP contribution in [0.1, 0.15) is 24.8 Å². The first-order valence-corrected chi connectivity index (χ1v) is 4.18. The van der Waals surface area contributed by atoms with Crippen molar-refractivity contribution in [1.82, 2.24) is 4.98 Å². The Morgan fingerprint density at radius 2 is 2.09 bits per heavy atom. The highest BCUT2D eigenvalue weighted by atomic mass is 14.6. The summed E-state index contributed by atoms with van der Waals surface area (Å²) < 4.78 is 0. The molecule has 1 aliphatic rings. The summed E-state index contributed by atoms with van der Waals surface area (Å²) in [7, 11) is 0. The molecule has 2 rings (SSSR count). The van der Waals surface area contributed by atoms with Gasteiger partial charge >= 0.3 is 0 Å². The standard InChI is InChI=1S/C10H12N/c1-2-9(1)3-4-10-5-7-11-8-6-10/h4-9H,1-3H2. The van der Waals surface area contributed by atoms with Crippen LogP contribution in [0.3, 0.4) is 0 Å². The Balaban J connectivity index is 1.85. The molecule has 0 bridgehead atoms. The molecule has 0 amide bonds. The van der Waals surface area contributed by atoms with Gasteiger partial charge in [-0.3, -0.25) is 4.98 Å². The van der Waals surface area contributed by atoms with Crippen molar-refractivity contribution in [1.29, 1.82) is 0 Å². The van der Waals surface area contributed by atoms with E-state index < -0.39 is 0 Å². The fourth-order valence-electron chi connectivity index (χ4n) is 1.16. The van der Waals surface area contributed by atoms with E-state index in [-0.39, 0.29) is 0 Å². The fraction of sp³-hybridized carbons (Fsp3) is 0.400. The van der Waals surface area contributed by atoms with E-state index in [9.17, 15) is 0 Å². The van der Waals surface area contributed by atoms with Gasteiger partial charge in [0.2, 0.25) is 0 Å². The second-order valence-corrected chi connectivity index (χ2v) is 3.16. The highest BCUT2D eigenvalue weighted by molar-refractivity contribution is 5.19. The van der Waals surface area contributed by atoms with E-state index in [2.05, 4.69) is 23.5 Å². The normalized spacial score (nSPS) is 16.7. The molecule has 57 valence electrons. The molecule has 1 nitrogen and oxygen atoms in total. The van der Waals surface area contributed by atoms with E-state index in [4.69, 9.17) is 0 Å². The molecule has 11 heavy (non-hydrogen) atoms. The van der Waals surface area contributed by atoms with Crippen LogP contribution in [0.5, 0.6) is 0 Å². The van der Waals surface area contributed by atoms with Crippen LogP contribution in [-0.2, 0) is 0 Å². The van der Waals surface area contributed by atoms with Crippen molar-refractivity contribution in [3.8, 4) is 0 Å². The number of rotatable bonds is 3. The molecule has 1 aliphatic carbocycles. The van der Waals surface area contributed by atoms with Gasteiger partial charge < -0.3 is 0 Å². The van der Waals surface area contributed by atoms with Crippen LogP contribution >= 0.6 is 0 Å². The second kappa shape index (κ2) is 3.04. The Morgan fingerprint density at radius 1 is 1.36 bits per heavy atom. The molecule has 1 aromatic rings. The molecule has 1 heteroatoms. The van der Waals surface area contributed by atoms with Gasteiger partial charge in [0.1, 0.15) is 0 Å². The van der Waals surface area contributed by atoms with Gasteiger partial charge in [0, 0.05) is 12.4 Å². The third-order valence-corrected chi connectivity index (χ3v) is 2.09. The summed E-state index contributed by atoms with van der Waals surface area (Å²) in [6.07, 6.45) is 10.1. The average molecular weight is 146 g/mol. The van der Waals surface area contributed by atoms with E-state index >= 15 is 0 Å². The van der Waals surface area contributed by atoms with E-state index in [1.54, 1.807) is 0 Å². The largest absolute Gasteiger partial charge is 0.265 e. The molecular formula is C10H12N. The average Bonchev–Trinajstić information content (AvgIpc) is 2.86. The second-order valence-electron chi connectivity index (χ2n) is 3.16.